The van der Waals surface area contributed by atoms with E-state index in [1.165, 1.54) is 6.92 Å². The quantitative estimate of drug-likeness (QED) is 0.860. The Balaban J connectivity index is 3.19. The largest absolute Gasteiger partial charge is 0.481 e. The number of aryl methyl sites for hydroxylation is 3. The van der Waals surface area contributed by atoms with Crippen molar-refractivity contribution in [2.45, 2.75) is 40.2 Å². The van der Waals surface area contributed by atoms with Crippen molar-refractivity contribution in [3.63, 3.8) is 0 Å². The number of hydrogen-bond donors (Lipinski definition) is 2. The number of amides is 1. The van der Waals surface area contributed by atoms with Crippen LogP contribution in [0.5, 0.6) is 0 Å². The van der Waals surface area contributed by atoms with Crippen molar-refractivity contribution in [2.24, 2.45) is 0 Å². The number of aliphatic carboxylic acids is 1. The Morgan fingerprint density at radius 1 is 1.22 bits per heavy atom. The third kappa shape index (κ3) is 3.58. The van der Waals surface area contributed by atoms with E-state index in [1.807, 2.05) is 32.9 Å². The Hall–Kier alpha value is -1.84. The summed E-state index contributed by atoms with van der Waals surface area (Å²) in [5.74, 6) is -1.14. The van der Waals surface area contributed by atoms with Crippen LogP contribution in [0.1, 0.15) is 41.6 Å². The maximum atomic E-state index is 11.2. The first-order valence-corrected chi connectivity index (χ1v) is 5.88. The number of carbonyl (C=O) groups is 2. The molecule has 0 saturated carbocycles. The molecular formula is C14H19NO3. The van der Waals surface area contributed by atoms with Gasteiger partial charge in [0.15, 0.2) is 0 Å². The van der Waals surface area contributed by atoms with E-state index in [9.17, 15) is 9.59 Å². The Labute approximate surface area is 107 Å². The van der Waals surface area contributed by atoms with E-state index in [2.05, 4.69) is 5.32 Å². The number of carbonyl (C=O) groups excluding carboxylic acids is 1. The molecule has 1 aromatic carbocycles. The normalized spacial score (nSPS) is 12.0. The summed E-state index contributed by atoms with van der Waals surface area (Å²) in [5.41, 5.74) is 4.05. The number of hydrogen-bond acceptors (Lipinski definition) is 2. The van der Waals surface area contributed by atoms with Crippen LogP contribution in [-0.2, 0) is 9.59 Å². The van der Waals surface area contributed by atoms with Gasteiger partial charge in [0.2, 0.25) is 5.91 Å². The SMILES string of the molecule is CC(=O)N[C@H](CC(=O)O)c1c(C)cc(C)cc1C. The number of carboxylic acid groups (broad SMARTS) is 1. The second-order valence-electron chi connectivity index (χ2n) is 4.66. The molecule has 0 saturated heterocycles. The van der Waals surface area contributed by atoms with Crippen LogP contribution in [0.15, 0.2) is 12.1 Å². The van der Waals surface area contributed by atoms with Crippen molar-refractivity contribution in [1.82, 2.24) is 5.32 Å². The minimum Gasteiger partial charge on any atom is -0.481 e. The van der Waals surface area contributed by atoms with Crippen LogP contribution in [0.2, 0.25) is 0 Å². The van der Waals surface area contributed by atoms with Crippen LogP contribution in [-0.4, -0.2) is 17.0 Å². The predicted molar refractivity (Wildman–Crippen MR) is 69.5 cm³/mol. The summed E-state index contributed by atoms with van der Waals surface area (Å²) >= 11 is 0. The second-order valence-corrected chi connectivity index (χ2v) is 4.66. The summed E-state index contributed by atoms with van der Waals surface area (Å²) < 4.78 is 0. The van der Waals surface area contributed by atoms with Gasteiger partial charge < -0.3 is 10.4 Å². The highest BCUT2D eigenvalue weighted by atomic mass is 16.4. The zero-order valence-corrected chi connectivity index (χ0v) is 11.2. The maximum Gasteiger partial charge on any atom is 0.305 e. The summed E-state index contributed by atoms with van der Waals surface area (Å²) in [6, 6.07) is 3.53. The fourth-order valence-electron chi connectivity index (χ4n) is 2.39. The highest BCUT2D eigenvalue weighted by Crippen LogP contribution is 2.26. The molecule has 1 amide bonds. The lowest BCUT2D eigenvalue weighted by atomic mass is 9.92. The molecule has 0 aromatic heterocycles. The van der Waals surface area contributed by atoms with Crippen LogP contribution in [0, 0.1) is 20.8 Å². The highest BCUT2D eigenvalue weighted by Gasteiger charge is 2.20. The van der Waals surface area contributed by atoms with Gasteiger partial charge in [-0.05, 0) is 37.5 Å². The first-order chi connectivity index (χ1) is 8.31. The van der Waals surface area contributed by atoms with Crippen LogP contribution < -0.4 is 5.32 Å². The molecule has 1 rings (SSSR count). The molecule has 2 N–H and O–H groups in total. The number of nitrogens with one attached hydrogen (secondary N) is 1. The van der Waals surface area contributed by atoms with E-state index in [4.69, 9.17) is 5.11 Å². The van der Waals surface area contributed by atoms with Crippen molar-refractivity contribution >= 4 is 11.9 Å². The lowest BCUT2D eigenvalue weighted by Gasteiger charge is -2.21. The van der Waals surface area contributed by atoms with Crippen molar-refractivity contribution < 1.29 is 14.7 Å². The molecule has 98 valence electrons. The maximum absolute atomic E-state index is 11.2. The average Bonchev–Trinajstić information content (AvgIpc) is 2.12. The van der Waals surface area contributed by atoms with E-state index in [0.717, 1.165) is 22.3 Å². The van der Waals surface area contributed by atoms with Gasteiger partial charge >= 0.3 is 5.97 Å². The van der Waals surface area contributed by atoms with E-state index in [-0.39, 0.29) is 12.3 Å². The first-order valence-electron chi connectivity index (χ1n) is 5.88. The molecule has 0 fully saturated rings. The van der Waals surface area contributed by atoms with Gasteiger partial charge in [0.25, 0.3) is 0 Å². The van der Waals surface area contributed by atoms with Gasteiger partial charge in [-0.3, -0.25) is 9.59 Å². The van der Waals surface area contributed by atoms with Crippen LogP contribution in [0.3, 0.4) is 0 Å². The summed E-state index contributed by atoms with van der Waals surface area (Å²) in [4.78, 5) is 22.1. The third-order valence-electron chi connectivity index (χ3n) is 2.84. The number of benzene rings is 1. The number of rotatable bonds is 4. The van der Waals surface area contributed by atoms with E-state index >= 15 is 0 Å². The molecule has 0 unspecified atom stereocenters. The Bertz CT molecular complexity index is 441. The van der Waals surface area contributed by atoms with Crippen LogP contribution in [0.25, 0.3) is 0 Å². The van der Waals surface area contributed by atoms with Gasteiger partial charge in [-0.1, -0.05) is 17.7 Å². The van der Waals surface area contributed by atoms with Crippen molar-refractivity contribution in [3.05, 3.63) is 34.4 Å². The van der Waals surface area contributed by atoms with E-state index in [0.29, 0.717) is 0 Å². The lowest BCUT2D eigenvalue weighted by molar-refractivity contribution is -0.137. The van der Waals surface area contributed by atoms with Crippen molar-refractivity contribution in [3.8, 4) is 0 Å². The molecule has 1 atom stereocenters. The van der Waals surface area contributed by atoms with Gasteiger partial charge in [0, 0.05) is 6.92 Å². The Kier molecular flexibility index (Phi) is 4.48. The molecule has 0 heterocycles. The smallest absolute Gasteiger partial charge is 0.305 e. The number of carboxylic acids is 1. The summed E-state index contributed by atoms with van der Waals surface area (Å²) in [6.07, 6.45) is -0.107. The zero-order chi connectivity index (χ0) is 13.9. The van der Waals surface area contributed by atoms with Crippen LogP contribution in [0.4, 0.5) is 0 Å². The second kappa shape index (κ2) is 5.67. The standard InChI is InChI=1S/C14H19NO3/c1-8-5-9(2)14(10(3)6-8)12(7-13(17)18)15-11(4)16/h5-6,12H,7H2,1-4H3,(H,15,16)(H,17,18)/t12-/m1/s1. The molecular weight excluding hydrogens is 230 g/mol. The monoisotopic (exact) mass is 249 g/mol. The van der Waals surface area contributed by atoms with Crippen molar-refractivity contribution in [2.75, 3.05) is 0 Å². The molecule has 0 aliphatic heterocycles. The molecule has 0 radical (unpaired) electrons. The highest BCUT2D eigenvalue weighted by molar-refractivity contribution is 5.75. The summed E-state index contributed by atoms with van der Waals surface area (Å²) in [7, 11) is 0. The van der Waals surface area contributed by atoms with E-state index in [1.54, 1.807) is 0 Å². The van der Waals surface area contributed by atoms with Gasteiger partial charge in [-0.25, -0.2) is 0 Å². The Morgan fingerprint density at radius 2 is 1.72 bits per heavy atom. The van der Waals surface area contributed by atoms with Gasteiger partial charge in [0.05, 0.1) is 12.5 Å². The fourth-order valence-corrected chi connectivity index (χ4v) is 2.39. The Morgan fingerprint density at radius 3 is 2.11 bits per heavy atom. The molecule has 18 heavy (non-hydrogen) atoms. The molecule has 0 aliphatic rings. The lowest BCUT2D eigenvalue weighted by Crippen LogP contribution is -2.29. The summed E-state index contributed by atoms with van der Waals surface area (Å²) in [6.45, 7) is 7.26. The topological polar surface area (TPSA) is 66.4 Å². The molecule has 0 spiro atoms. The molecule has 0 bridgehead atoms. The molecule has 0 aliphatic carbocycles. The predicted octanol–water partition coefficient (Wildman–Crippen LogP) is 2.26. The van der Waals surface area contributed by atoms with Crippen LogP contribution >= 0.6 is 0 Å². The molecule has 4 nitrogen and oxygen atoms in total. The first kappa shape index (κ1) is 14.2. The minimum absolute atomic E-state index is 0.107. The fraction of sp³-hybridized carbons (Fsp3) is 0.429. The van der Waals surface area contributed by atoms with E-state index < -0.39 is 12.0 Å². The molecule has 1 aromatic rings. The van der Waals surface area contributed by atoms with Gasteiger partial charge in [0.1, 0.15) is 0 Å². The van der Waals surface area contributed by atoms with Gasteiger partial charge in [-0.2, -0.15) is 0 Å². The average molecular weight is 249 g/mol. The third-order valence-corrected chi connectivity index (χ3v) is 2.84. The zero-order valence-electron chi connectivity index (χ0n) is 11.2. The van der Waals surface area contributed by atoms with Crippen molar-refractivity contribution in [1.29, 1.82) is 0 Å². The van der Waals surface area contributed by atoms with Gasteiger partial charge in [-0.15, -0.1) is 0 Å². The summed E-state index contributed by atoms with van der Waals surface area (Å²) in [5, 5.41) is 11.7. The molecule has 4 heteroatoms. The minimum atomic E-state index is -0.923.